The van der Waals surface area contributed by atoms with Gasteiger partial charge in [0.05, 0.1) is 6.61 Å². The number of ether oxygens (including phenoxy) is 1. The Morgan fingerprint density at radius 3 is 1.80 bits per heavy atom. The highest BCUT2D eigenvalue weighted by atomic mass is 28.4. The molecule has 0 radical (unpaired) electrons. The molecular formula is C24H48N2O6Si3. The van der Waals surface area contributed by atoms with E-state index in [0.717, 1.165) is 0 Å². The predicted molar refractivity (Wildman–Crippen MR) is 149 cm³/mol. The number of hydrogen-bond acceptors (Lipinski definition) is 6. The minimum atomic E-state index is -2.29. The quantitative estimate of drug-likeness (QED) is 0.460. The number of nitrogens with zero attached hydrogens (tertiary/aromatic N) is 1. The summed E-state index contributed by atoms with van der Waals surface area (Å²) in [5.41, 5.74) is -0.969. The van der Waals surface area contributed by atoms with Crippen LogP contribution < -0.4 is 11.2 Å². The van der Waals surface area contributed by atoms with E-state index in [1.807, 2.05) is 0 Å². The first kappa shape index (κ1) is 30.4. The minimum Gasteiger partial charge on any atom is -0.415 e. The van der Waals surface area contributed by atoms with Gasteiger partial charge >= 0.3 is 5.69 Å². The molecule has 1 saturated heterocycles. The largest absolute Gasteiger partial charge is 0.415 e. The minimum absolute atomic E-state index is 0.0222. The third-order valence-corrected chi connectivity index (χ3v) is 17.5. The summed E-state index contributed by atoms with van der Waals surface area (Å²) >= 11 is 0. The van der Waals surface area contributed by atoms with Crippen LogP contribution >= 0.6 is 0 Å². The third kappa shape index (κ3) is 7.36. The summed E-state index contributed by atoms with van der Waals surface area (Å²) in [6.45, 7) is 28.8. The second-order valence-electron chi connectivity index (χ2n) is 13.7. The molecule has 1 N–H and O–H groups in total. The predicted octanol–water partition coefficient (Wildman–Crippen LogP) is 5.07. The van der Waals surface area contributed by atoms with Gasteiger partial charge in [0, 0.05) is 12.3 Å². The van der Waals surface area contributed by atoms with Gasteiger partial charge in [-0.2, -0.15) is 0 Å². The van der Waals surface area contributed by atoms with Crippen LogP contribution in [0.5, 0.6) is 0 Å². The van der Waals surface area contributed by atoms with Crippen molar-refractivity contribution in [3.05, 3.63) is 33.1 Å². The van der Waals surface area contributed by atoms with E-state index >= 15 is 0 Å². The van der Waals surface area contributed by atoms with Crippen molar-refractivity contribution in [3.63, 3.8) is 0 Å². The van der Waals surface area contributed by atoms with Crippen molar-refractivity contribution >= 4 is 25.0 Å². The lowest BCUT2D eigenvalue weighted by molar-refractivity contribution is -0.0504. The molecule has 2 rings (SSSR count). The smallest absolute Gasteiger partial charge is 0.330 e. The number of aromatic amines is 1. The summed E-state index contributed by atoms with van der Waals surface area (Å²) in [6.07, 6.45) is -0.596. The highest BCUT2D eigenvalue weighted by Crippen LogP contribution is 2.45. The van der Waals surface area contributed by atoms with E-state index in [9.17, 15) is 9.59 Å². The van der Waals surface area contributed by atoms with Crippen LogP contribution in [0.25, 0.3) is 0 Å². The van der Waals surface area contributed by atoms with E-state index < -0.39 is 60.7 Å². The van der Waals surface area contributed by atoms with Crippen LogP contribution in [-0.2, 0) is 18.0 Å². The Morgan fingerprint density at radius 2 is 1.37 bits per heavy atom. The molecule has 2 heterocycles. The van der Waals surface area contributed by atoms with Crippen molar-refractivity contribution in [1.29, 1.82) is 0 Å². The maximum absolute atomic E-state index is 12.8. The average Bonchev–Trinajstić information content (AvgIpc) is 2.94. The van der Waals surface area contributed by atoms with Crippen molar-refractivity contribution in [2.75, 3.05) is 6.61 Å². The fraction of sp³-hybridized carbons (Fsp3) is 0.833. The maximum Gasteiger partial charge on any atom is 0.330 e. The van der Waals surface area contributed by atoms with Crippen LogP contribution in [0.15, 0.2) is 21.9 Å². The molecule has 2 unspecified atom stereocenters. The number of hydrogen-bond donors (Lipinski definition) is 1. The van der Waals surface area contributed by atoms with Crippen molar-refractivity contribution in [3.8, 4) is 0 Å². The summed E-state index contributed by atoms with van der Waals surface area (Å²) < 4.78 is 28.2. The fourth-order valence-electron chi connectivity index (χ4n) is 3.33. The molecule has 8 nitrogen and oxygen atoms in total. The van der Waals surface area contributed by atoms with Gasteiger partial charge in [-0.3, -0.25) is 14.3 Å². The summed E-state index contributed by atoms with van der Waals surface area (Å²) in [6, 6.07) is 1.34. The van der Waals surface area contributed by atoms with Gasteiger partial charge in [0.15, 0.2) is 31.2 Å². The van der Waals surface area contributed by atoms with Crippen LogP contribution in [0.1, 0.15) is 47.8 Å². The second-order valence-corrected chi connectivity index (χ2v) is 27.7. The van der Waals surface area contributed by atoms with E-state index in [4.69, 9.17) is 18.0 Å². The van der Waals surface area contributed by atoms with Gasteiger partial charge < -0.3 is 18.0 Å². The van der Waals surface area contributed by atoms with Gasteiger partial charge in [-0.1, -0.05) is 41.5 Å². The summed E-state index contributed by atoms with van der Waals surface area (Å²) in [5.74, 6) is 0. The van der Waals surface area contributed by atoms with Gasteiger partial charge in [-0.15, -0.1) is 0 Å². The lowest BCUT2D eigenvalue weighted by atomic mass is 10.1. The Labute approximate surface area is 214 Å². The zero-order chi connectivity index (χ0) is 27.2. The van der Waals surface area contributed by atoms with Crippen molar-refractivity contribution < 1.29 is 18.0 Å². The molecule has 1 aliphatic rings. The Kier molecular flexibility index (Phi) is 8.81. The first-order valence-electron chi connectivity index (χ1n) is 12.5. The molecule has 0 bridgehead atoms. The van der Waals surface area contributed by atoms with Crippen LogP contribution in [0, 0.1) is 0 Å². The molecule has 4 atom stereocenters. The van der Waals surface area contributed by atoms with Crippen LogP contribution in [0.2, 0.25) is 55.9 Å². The van der Waals surface area contributed by atoms with Crippen LogP contribution in [0.3, 0.4) is 0 Å². The van der Waals surface area contributed by atoms with Gasteiger partial charge in [-0.25, -0.2) is 4.79 Å². The first-order valence-corrected chi connectivity index (χ1v) is 21.7. The highest BCUT2D eigenvalue weighted by Gasteiger charge is 2.54. The summed E-state index contributed by atoms with van der Waals surface area (Å²) in [7, 11) is -6.37. The van der Waals surface area contributed by atoms with E-state index in [1.54, 1.807) is 0 Å². The van der Waals surface area contributed by atoms with Gasteiger partial charge in [0.25, 0.3) is 5.56 Å². The maximum atomic E-state index is 12.8. The molecule has 35 heavy (non-hydrogen) atoms. The van der Waals surface area contributed by atoms with Crippen LogP contribution in [0.4, 0.5) is 0 Å². The normalized spacial score (nSPS) is 24.7. The van der Waals surface area contributed by atoms with Crippen LogP contribution in [-0.4, -0.2) is 59.4 Å². The van der Waals surface area contributed by atoms with E-state index in [-0.39, 0.29) is 10.1 Å². The third-order valence-electron chi connectivity index (χ3n) is 7.57. The number of nitrogens with one attached hydrogen (secondary N) is 1. The Balaban J connectivity index is 2.63. The molecule has 11 heteroatoms. The van der Waals surface area contributed by atoms with Crippen molar-refractivity contribution in [1.82, 2.24) is 9.55 Å². The average molecular weight is 545 g/mol. The van der Waals surface area contributed by atoms with E-state index in [0.29, 0.717) is 6.61 Å². The fourth-order valence-corrected chi connectivity index (χ4v) is 6.60. The van der Waals surface area contributed by atoms with Gasteiger partial charge in [-0.05, 0) is 55.9 Å². The van der Waals surface area contributed by atoms with Gasteiger partial charge in [0.2, 0.25) is 0 Å². The molecule has 1 aromatic rings. The molecule has 0 aliphatic carbocycles. The zero-order valence-corrected chi connectivity index (χ0v) is 27.1. The first-order chi connectivity index (χ1) is 15.6. The van der Waals surface area contributed by atoms with E-state index in [2.05, 4.69) is 92.4 Å². The lowest BCUT2D eigenvalue weighted by Crippen LogP contribution is -2.54. The van der Waals surface area contributed by atoms with Gasteiger partial charge in [0.1, 0.15) is 18.3 Å². The Bertz CT molecular complexity index is 985. The molecule has 0 saturated carbocycles. The molecule has 1 aromatic heterocycles. The number of H-pyrrole nitrogens is 1. The monoisotopic (exact) mass is 544 g/mol. The molecule has 0 aromatic carbocycles. The SMILES string of the molecule is CC(C)(C)[Si](C)(C)OC1C(O[Si](C)(C)C(C)(C)C)[C@@H](n2ccc(=O)[nH]c2=O)O[C@H]1CO[Si](C)(C)C. The molecule has 1 aliphatic heterocycles. The lowest BCUT2D eigenvalue weighted by Gasteiger charge is -2.44. The van der Waals surface area contributed by atoms with Crippen molar-refractivity contribution in [2.24, 2.45) is 0 Å². The zero-order valence-electron chi connectivity index (χ0n) is 24.1. The second kappa shape index (κ2) is 10.1. The summed E-state index contributed by atoms with van der Waals surface area (Å²) in [4.78, 5) is 27.0. The molecule has 1 fully saturated rings. The Hall–Kier alpha value is -0.829. The molecule has 202 valence electrons. The molecule has 0 amide bonds. The molecular weight excluding hydrogens is 497 g/mol. The summed E-state index contributed by atoms with van der Waals surface area (Å²) in [5, 5.41) is -0.0758. The standard InChI is InChI=1S/C24H48N2O6Si3/c1-23(2,3)34(10,11)31-19-17(16-29-33(7,8)9)30-21(26-15-14-18(27)25-22(26)28)20(19)32-35(12,13)24(4,5)6/h14-15,17,19-21H,16H2,1-13H3,(H,25,27,28)/t17-,19?,20?,21-/m0/s1. The molecule has 0 spiro atoms. The Morgan fingerprint density at radius 1 is 0.886 bits per heavy atom. The topological polar surface area (TPSA) is 91.8 Å². The van der Waals surface area contributed by atoms with Crippen molar-refractivity contribution in [2.45, 2.75) is 122 Å². The number of rotatable bonds is 8. The van der Waals surface area contributed by atoms with E-state index in [1.165, 1.54) is 16.8 Å². The highest BCUT2D eigenvalue weighted by molar-refractivity contribution is 6.74. The number of aromatic nitrogens is 2.